The van der Waals surface area contributed by atoms with E-state index in [4.69, 9.17) is 0 Å². The summed E-state index contributed by atoms with van der Waals surface area (Å²) in [5.41, 5.74) is 0. The lowest BCUT2D eigenvalue weighted by Gasteiger charge is -2.19. The van der Waals surface area contributed by atoms with Gasteiger partial charge >= 0.3 is 0 Å². The van der Waals surface area contributed by atoms with Crippen molar-refractivity contribution in [1.29, 1.82) is 0 Å². The van der Waals surface area contributed by atoms with E-state index >= 15 is 0 Å². The minimum atomic E-state index is -0.130. The topological polar surface area (TPSA) is 55.2 Å². The molecule has 1 unspecified atom stereocenters. The maximum absolute atomic E-state index is 11.6. The summed E-state index contributed by atoms with van der Waals surface area (Å²) in [7, 11) is 0. The molecule has 0 aromatic carbocycles. The van der Waals surface area contributed by atoms with Gasteiger partial charge in [-0.15, -0.1) is 0 Å². The summed E-state index contributed by atoms with van der Waals surface area (Å²) in [4.78, 5) is 24.3. The van der Waals surface area contributed by atoms with Gasteiger partial charge in [0, 0.05) is 6.07 Å². The largest absolute Gasteiger partial charge is 0.297 e. The molecule has 5 heteroatoms. The van der Waals surface area contributed by atoms with Gasteiger partial charge in [-0.1, -0.05) is 6.92 Å². The minimum Gasteiger partial charge on any atom is -0.297 e. The maximum Gasteiger partial charge on any atom is 0.236 e. The average molecular weight is 221 g/mol. The number of ketones is 1. The monoisotopic (exact) mass is 221 g/mol. The number of carbonyl (C=O) groups excluding carboxylic acids is 2. The third-order valence-electron chi connectivity index (χ3n) is 2.92. The Morgan fingerprint density at radius 1 is 1.50 bits per heavy atom. The van der Waals surface area contributed by atoms with Crippen LogP contribution in [0.25, 0.3) is 0 Å². The molecule has 2 rings (SSSR count). The zero-order valence-electron chi connectivity index (χ0n) is 9.51. The van der Waals surface area contributed by atoms with Gasteiger partial charge in [-0.05, 0) is 13.3 Å². The molecule has 1 saturated heterocycles. The SMILES string of the molecule is CCC(C)n1nccc1N1CC(=O)CC1=O. The van der Waals surface area contributed by atoms with E-state index in [-0.39, 0.29) is 30.7 Å². The molecule has 1 aliphatic heterocycles. The number of hydrogen-bond donors (Lipinski definition) is 0. The molecule has 1 aliphatic rings. The van der Waals surface area contributed by atoms with Gasteiger partial charge in [-0.2, -0.15) is 5.10 Å². The maximum atomic E-state index is 11.6. The van der Waals surface area contributed by atoms with Crippen LogP contribution in [0.3, 0.4) is 0 Å². The predicted molar refractivity (Wildman–Crippen MR) is 59.2 cm³/mol. The molecule has 5 nitrogen and oxygen atoms in total. The molecule has 0 radical (unpaired) electrons. The molecular formula is C11H15N3O2. The molecular weight excluding hydrogens is 206 g/mol. The van der Waals surface area contributed by atoms with Crippen molar-refractivity contribution in [3.05, 3.63) is 12.3 Å². The number of hydrogen-bond acceptors (Lipinski definition) is 3. The smallest absolute Gasteiger partial charge is 0.236 e. The highest BCUT2D eigenvalue weighted by molar-refractivity contribution is 6.14. The van der Waals surface area contributed by atoms with Crippen LogP contribution in [-0.2, 0) is 9.59 Å². The average Bonchev–Trinajstić information content (AvgIpc) is 2.83. The van der Waals surface area contributed by atoms with Crippen LogP contribution >= 0.6 is 0 Å². The van der Waals surface area contributed by atoms with Crippen LogP contribution in [0.5, 0.6) is 0 Å². The highest BCUT2D eigenvalue weighted by Gasteiger charge is 2.31. The number of rotatable bonds is 3. The van der Waals surface area contributed by atoms with Crippen molar-refractivity contribution in [3.63, 3.8) is 0 Å². The van der Waals surface area contributed by atoms with Crippen LogP contribution in [0.4, 0.5) is 5.82 Å². The van der Waals surface area contributed by atoms with Gasteiger partial charge in [-0.3, -0.25) is 14.5 Å². The lowest BCUT2D eigenvalue weighted by molar-refractivity contribution is -0.121. The molecule has 0 N–H and O–H groups in total. The van der Waals surface area contributed by atoms with Gasteiger partial charge in [0.15, 0.2) is 5.78 Å². The summed E-state index contributed by atoms with van der Waals surface area (Å²) >= 11 is 0. The van der Waals surface area contributed by atoms with Crippen LogP contribution in [0, 0.1) is 0 Å². The Labute approximate surface area is 94.0 Å². The van der Waals surface area contributed by atoms with Crippen molar-refractivity contribution < 1.29 is 9.59 Å². The number of nitrogens with zero attached hydrogens (tertiary/aromatic N) is 3. The van der Waals surface area contributed by atoms with Crippen LogP contribution < -0.4 is 4.90 Å². The molecule has 0 spiro atoms. The summed E-state index contributed by atoms with van der Waals surface area (Å²) in [5, 5.41) is 4.20. The van der Waals surface area contributed by atoms with E-state index in [1.807, 2.05) is 6.92 Å². The highest BCUT2D eigenvalue weighted by Crippen LogP contribution is 2.23. The fourth-order valence-electron chi connectivity index (χ4n) is 1.83. The van der Waals surface area contributed by atoms with Crippen molar-refractivity contribution in [2.24, 2.45) is 0 Å². The van der Waals surface area contributed by atoms with Gasteiger partial charge in [0.25, 0.3) is 0 Å². The first-order valence-corrected chi connectivity index (χ1v) is 5.49. The first kappa shape index (κ1) is 10.9. The van der Waals surface area contributed by atoms with Crippen LogP contribution in [0.1, 0.15) is 32.7 Å². The Hall–Kier alpha value is -1.65. The summed E-state index contributed by atoms with van der Waals surface area (Å²) in [6.07, 6.45) is 2.62. The first-order valence-electron chi connectivity index (χ1n) is 5.49. The number of Topliss-reactive ketones (excluding diaryl/α,β-unsaturated/α-hetero) is 1. The van der Waals surface area contributed by atoms with E-state index in [1.165, 1.54) is 4.90 Å². The van der Waals surface area contributed by atoms with Gasteiger partial charge in [0.2, 0.25) is 5.91 Å². The normalized spacial score (nSPS) is 18.2. The molecule has 1 atom stereocenters. The fourth-order valence-corrected chi connectivity index (χ4v) is 1.83. The number of amides is 1. The Kier molecular flexibility index (Phi) is 2.77. The van der Waals surface area contributed by atoms with E-state index in [9.17, 15) is 9.59 Å². The Morgan fingerprint density at radius 2 is 2.25 bits per heavy atom. The van der Waals surface area contributed by atoms with E-state index < -0.39 is 0 Å². The standard InChI is InChI=1S/C11H15N3O2/c1-3-8(2)14-10(4-5-12-14)13-7-9(15)6-11(13)16/h4-5,8H,3,6-7H2,1-2H3. The lowest BCUT2D eigenvalue weighted by Crippen LogP contribution is -2.28. The van der Waals surface area contributed by atoms with E-state index in [0.29, 0.717) is 0 Å². The van der Waals surface area contributed by atoms with Crippen molar-refractivity contribution >= 4 is 17.5 Å². The van der Waals surface area contributed by atoms with Gasteiger partial charge in [0.05, 0.1) is 25.2 Å². The van der Waals surface area contributed by atoms with Crippen molar-refractivity contribution in [2.45, 2.75) is 32.7 Å². The summed E-state index contributed by atoms with van der Waals surface area (Å²) in [5.74, 6) is 0.571. The minimum absolute atomic E-state index is 0.0195. The molecule has 2 heterocycles. The van der Waals surface area contributed by atoms with Crippen LogP contribution in [0.15, 0.2) is 12.3 Å². The fraction of sp³-hybridized carbons (Fsp3) is 0.545. The zero-order chi connectivity index (χ0) is 11.7. The molecule has 0 aliphatic carbocycles. The second-order valence-corrected chi connectivity index (χ2v) is 4.09. The van der Waals surface area contributed by atoms with Crippen molar-refractivity contribution in [2.75, 3.05) is 11.4 Å². The zero-order valence-corrected chi connectivity index (χ0v) is 9.51. The highest BCUT2D eigenvalue weighted by atomic mass is 16.2. The molecule has 16 heavy (non-hydrogen) atoms. The lowest BCUT2D eigenvalue weighted by atomic mass is 10.3. The van der Waals surface area contributed by atoms with E-state index in [2.05, 4.69) is 12.0 Å². The third kappa shape index (κ3) is 1.73. The number of anilines is 1. The molecule has 1 amide bonds. The summed E-state index contributed by atoms with van der Waals surface area (Å²) < 4.78 is 1.80. The molecule has 0 bridgehead atoms. The Morgan fingerprint density at radius 3 is 2.81 bits per heavy atom. The second-order valence-electron chi connectivity index (χ2n) is 4.09. The van der Waals surface area contributed by atoms with Gasteiger partial charge in [-0.25, -0.2) is 4.68 Å². The van der Waals surface area contributed by atoms with Crippen molar-refractivity contribution in [1.82, 2.24) is 9.78 Å². The first-order chi connectivity index (χ1) is 7.63. The molecule has 1 aromatic rings. The van der Waals surface area contributed by atoms with E-state index in [0.717, 1.165) is 12.2 Å². The summed E-state index contributed by atoms with van der Waals surface area (Å²) in [6, 6.07) is 2.01. The molecule has 0 saturated carbocycles. The quantitative estimate of drug-likeness (QED) is 0.720. The Bertz CT molecular complexity index is 425. The summed E-state index contributed by atoms with van der Waals surface area (Å²) in [6.45, 7) is 4.28. The molecule has 1 aromatic heterocycles. The van der Waals surface area contributed by atoms with Gasteiger partial charge < -0.3 is 0 Å². The molecule has 86 valence electrons. The number of carbonyl (C=O) groups is 2. The molecule has 1 fully saturated rings. The third-order valence-corrected chi connectivity index (χ3v) is 2.92. The second kappa shape index (κ2) is 4.08. The Balaban J connectivity index is 2.30. The van der Waals surface area contributed by atoms with Crippen LogP contribution in [0.2, 0.25) is 0 Å². The predicted octanol–water partition coefficient (Wildman–Crippen LogP) is 1.16. The number of aromatic nitrogens is 2. The van der Waals surface area contributed by atoms with Crippen molar-refractivity contribution in [3.8, 4) is 0 Å². The van der Waals surface area contributed by atoms with Gasteiger partial charge in [0.1, 0.15) is 5.82 Å². The van der Waals surface area contributed by atoms with E-state index in [1.54, 1.807) is 16.9 Å². The van der Waals surface area contributed by atoms with Crippen LogP contribution in [-0.4, -0.2) is 28.0 Å².